The average molecular weight is 240 g/mol. The van der Waals surface area contributed by atoms with Gasteiger partial charge in [0.1, 0.15) is 5.75 Å². The highest BCUT2D eigenvalue weighted by Gasteiger charge is 2.51. The molecule has 0 bridgehead atoms. The van der Waals surface area contributed by atoms with Crippen molar-refractivity contribution in [3.8, 4) is 5.75 Å². The summed E-state index contributed by atoms with van der Waals surface area (Å²) in [6.45, 7) is 0. The molecule has 2 N–H and O–H groups in total. The molecular formula is C16H16O2. The van der Waals surface area contributed by atoms with Gasteiger partial charge in [-0.2, -0.15) is 0 Å². The third kappa shape index (κ3) is 1.70. The predicted octanol–water partition coefficient (Wildman–Crippen LogP) is 3.16. The summed E-state index contributed by atoms with van der Waals surface area (Å²) in [6.07, 6.45) is 1.29. The highest BCUT2D eigenvalue weighted by atomic mass is 16.3. The molecule has 0 amide bonds. The number of rotatable bonds is 3. The number of hydrogen-bond donors (Lipinski definition) is 2. The SMILES string of the molecule is Oc1ccccc1C(O)C1(c2ccccc2)CC1. The Morgan fingerprint density at radius 3 is 2.11 bits per heavy atom. The van der Waals surface area contributed by atoms with Crippen molar-refractivity contribution in [1.29, 1.82) is 0 Å². The molecule has 2 heteroatoms. The maximum Gasteiger partial charge on any atom is 0.121 e. The molecule has 1 aliphatic carbocycles. The zero-order chi connectivity index (χ0) is 12.6. The third-order valence-corrected chi connectivity index (χ3v) is 3.89. The molecule has 0 radical (unpaired) electrons. The van der Waals surface area contributed by atoms with Crippen molar-refractivity contribution in [2.45, 2.75) is 24.4 Å². The Balaban J connectivity index is 1.98. The predicted molar refractivity (Wildman–Crippen MR) is 70.4 cm³/mol. The van der Waals surface area contributed by atoms with Gasteiger partial charge in [-0.15, -0.1) is 0 Å². The first-order valence-corrected chi connectivity index (χ1v) is 6.25. The van der Waals surface area contributed by atoms with Crippen LogP contribution in [0.3, 0.4) is 0 Å². The second-order valence-electron chi connectivity index (χ2n) is 4.98. The summed E-state index contributed by atoms with van der Waals surface area (Å²) in [4.78, 5) is 0. The maximum absolute atomic E-state index is 10.6. The molecule has 2 nitrogen and oxygen atoms in total. The highest BCUT2D eigenvalue weighted by Crippen LogP contribution is 2.57. The van der Waals surface area contributed by atoms with E-state index in [2.05, 4.69) is 12.1 Å². The second kappa shape index (κ2) is 4.14. The van der Waals surface area contributed by atoms with Gasteiger partial charge in [-0.1, -0.05) is 48.5 Å². The van der Waals surface area contributed by atoms with Crippen LogP contribution in [0.1, 0.15) is 30.1 Å². The molecule has 1 unspecified atom stereocenters. The molecule has 0 heterocycles. The Morgan fingerprint density at radius 2 is 1.50 bits per heavy atom. The van der Waals surface area contributed by atoms with Crippen LogP contribution >= 0.6 is 0 Å². The van der Waals surface area contributed by atoms with Crippen LogP contribution in [-0.2, 0) is 5.41 Å². The van der Waals surface area contributed by atoms with E-state index < -0.39 is 6.10 Å². The van der Waals surface area contributed by atoms with Gasteiger partial charge in [-0.25, -0.2) is 0 Å². The topological polar surface area (TPSA) is 40.5 Å². The second-order valence-corrected chi connectivity index (χ2v) is 4.98. The van der Waals surface area contributed by atoms with Gasteiger partial charge < -0.3 is 10.2 Å². The third-order valence-electron chi connectivity index (χ3n) is 3.89. The minimum absolute atomic E-state index is 0.173. The minimum atomic E-state index is -0.638. The molecule has 92 valence electrons. The van der Waals surface area contributed by atoms with Crippen LogP contribution in [0, 0.1) is 0 Å². The minimum Gasteiger partial charge on any atom is -0.508 e. The number of aliphatic hydroxyl groups is 1. The molecule has 2 aromatic rings. The Hall–Kier alpha value is -1.80. The Morgan fingerprint density at radius 1 is 0.889 bits per heavy atom. The van der Waals surface area contributed by atoms with Crippen molar-refractivity contribution in [2.75, 3.05) is 0 Å². The van der Waals surface area contributed by atoms with Gasteiger partial charge in [0.15, 0.2) is 0 Å². The van der Waals surface area contributed by atoms with Gasteiger partial charge in [-0.05, 0) is 24.5 Å². The van der Waals surface area contributed by atoms with Crippen molar-refractivity contribution in [1.82, 2.24) is 0 Å². The van der Waals surface area contributed by atoms with Gasteiger partial charge in [0.25, 0.3) is 0 Å². The molecule has 1 saturated carbocycles. The summed E-state index contributed by atoms with van der Waals surface area (Å²) in [5.74, 6) is 0.173. The number of benzene rings is 2. The van der Waals surface area contributed by atoms with E-state index in [-0.39, 0.29) is 11.2 Å². The van der Waals surface area contributed by atoms with E-state index in [9.17, 15) is 10.2 Å². The largest absolute Gasteiger partial charge is 0.508 e. The molecule has 1 fully saturated rings. The van der Waals surface area contributed by atoms with Crippen molar-refractivity contribution < 1.29 is 10.2 Å². The number of phenolic OH excluding ortho intramolecular Hbond substituents is 1. The van der Waals surface area contributed by atoms with Gasteiger partial charge in [0.2, 0.25) is 0 Å². The summed E-state index contributed by atoms with van der Waals surface area (Å²) in [5.41, 5.74) is 1.57. The zero-order valence-electron chi connectivity index (χ0n) is 10.1. The average Bonchev–Trinajstić information content (AvgIpc) is 3.21. The quantitative estimate of drug-likeness (QED) is 0.865. The lowest BCUT2D eigenvalue weighted by Crippen LogP contribution is -2.18. The van der Waals surface area contributed by atoms with E-state index in [1.807, 2.05) is 24.3 Å². The van der Waals surface area contributed by atoms with E-state index >= 15 is 0 Å². The number of aromatic hydroxyl groups is 1. The van der Waals surface area contributed by atoms with Gasteiger partial charge in [0, 0.05) is 11.0 Å². The lowest BCUT2D eigenvalue weighted by atomic mass is 9.86. The molecule has 1 aliphatic rings. The zero-order valence-corrected chi connectivity index (χ0v) is 10.1. The molecule has 0 aliphatic heterocycles. The Bertz CT molecular complexity index is 544. The fourth-order valence-electron chi connectivity index (χ4n) is 2.64. The van der Waals surface area contributed by atoms with Crippen LogP contribution in [0.25, 0.3) is 0 Å². The number of aliphatic hydroxyl groups excluding tert-OH is 1. The summed E-state index contributed by atoms with van der Waals surface area (Å²) in [5, 5.41) is 20.4. The fourth-order valence-corrected chi connectivity index (χ4v) is 2.64. The van der Waals surface area contributed by atoms with Crippen LogP contribution in [0.2, 0.25) is 0 Å². The molecular weight excluding hydrogens is 224 g/mol. The Labute approximate surface area is 107 Å². The van der Waals surface area contributed by atoms with Crippen LogP contribution < -0.4 is 0 Å². The van der Waals surface area contributed by atoms with Crippen molar-refractivity contribution in [2.24, 2.45) is 0 Å². The summed E-state index contributed by atoms with van der Waals surface area (Å²) in [7, 11) is 0. The summed E-state index contributed by atoms with van der Waals surface area (Å²) >= 11 is 0. The van der Waals surface area contributed by atoms with Gasteiger partial charge in [0.05, 0.1) is 6.10 Å². The van der Waals surface area contributed by atoms with E-state index in [0.29, 0.717) is 5.56 Å². The van der Waals surface area contributed by atoms with Crippen molar-refractivity contribution >= 4 is 0 Å². The molecule has 0 saturated heterocycles. The van der Waals surface area contributed by atoms with E-state index in [4.69, 9.17) is 0 Å². The van der Waals surface area contributed by atoms with Crippen LogP contribution in [-0.4, -0.2) is 10.2 Å². The fraction of sp³-hybridized carbons (Fsp3) is 0.250. The lowest BCUT2D eigenvalue weighted by Gasteiger charge is -2.23. The Kier molecular flexibility index (Phi) is 2.60. The number of hydrogen-bond acceptors (Lipinski definition) is 2. The van der Waals surface area contributed by atoms with Crippen LogP contribution in [0.4, 0.5) is 0 Å². The van der Waals surface area contributed by atoms with Crippen molar-refractivity contribution in [3.63, 3.8) is 0 Å². The van der Waals surface area contributed by atoms with Crippen molar-refractivity contribution in [3.05, 3.63) is 65.7 Å². The number of phenols is 1. The first kappa shape index (κ1) is 11.3. The van der Waals surface area contributed by atoms with Gasteiger partial charge in [-0.3, -0.25) is 0 Å². The summed E-state index contributed by atoms with van der Waals surface area (Å²) in [6, 6.07) is 17.1. The molecule has 18 heavy (non-hydrogen) atoms. The van der Waals surface area contributed by atoms with E-state index in [0.717, 1.165) is 18.4 Å². The molecule has 1 atom stereocenters. The van der Waals surface area contributed by atoms with E-state index in [1.165, 1.54) is 0 Å². The molecule has 2 aromatic carbocycles. The standard InChI is InChI=1S/C16H16O2/c17-14-9-5-4-8-13(14)15(18)16(10-11-16)12-6-2-1-3-7-12/h1-9,15,17-18H,10-11H2. The summed E-state index contributed by atoms with van der Waals surface area (Å²) < 4.78 is 0. The molecule has 3 rings (SSSR count). The maximum atomic E-state index is 10.6. The smallest absolute Gasteiger partial charge is 0.121 e. The van der Waals surface area contributed by atoms with E-state index in [1.54, 1.807) is 18.2 Å². The van der Waals surface area contributed by atoms with Crippen LogP contribution in [0.5, 0.6) is 5.75 Å². The monoisotopic (exact) mass is 240 g/mol. The lowest BCUT2D eigenvalue weighted by molar-refractivity contribution is 0.130. The number of para-hydroxylation sites is 1. The highest BCUT2D eigenvalue weighted by molar-refractivity contribution is 5.42. The first-order chi connectivity index (χ1) is 8.74. The van der Waals surface area contributed by atoms with Gasteiger partial charge >= 0.3 is 0 Å². The molecule has 0 spiro atoms. The normalized spacial score (nSPS) is 18.3. The molecule has 0 aromatic heterocycles. The first-order valence-electron chi connectivity index (χ1n) is 6.25. The van der Waals surface area contributed by atoms with Crippen LogP contribution in [0.15, 0.2) is 54.6 Å².